The van der Waals surface area contributed by atoms with E-state index in [0.29, 0.717) is 26.2 Å². The molecule has 0 rings (SSSR count). The van der Waals surface area contributed by atoms with Gasteiger partial charge in [-0.1, -0.05) is 0 Å². The summed E-state index contributed by atoms with van der Waals surface area (Å²) >= 11 is 0. The molecule has 0 spiro atoms. The fourth-order valence-electron chi connectivity index (χ4n) is 0.677. The van der Waals surface area contributed by atoms with Crippen molar-refractivity contribution in [2.24, 2.45) is 25.4 Å². The van der Waals surface area contributed by atoms with Gasteiger partial charge in [-0.15, -0.1) is 10.2 Å². The maximum absolute atomic E-state index is 9.88. The number of ether oxygens (including phenoxy) is 1. The van der Waals surface area contributed by atoms with Crippen LogP contribution in [0.25, 0.3) is 0 Å². The normalized spacial score (nSPS) is 12.4. The van der Waals surface area contributed by atoms with E-state index in [1.807, 2.05) is 0 Å². The number of nitrogens with zero attached hydrogens (tertiary/aromatic N) is 6. The van der Waals surface area contributed by atoms with Crippen LogP contribution in [0.4, 0.5) is 0 Å². The Labute approximate surface area is 99.8 Å². The summed E-state index contributed by atoms with van der Waals surface area (Å²) in [6.07, 6.45) is 4.42. The summed E-state index contributed by atoms with van der Waals surface area (Å²) in [7, 11) is 3.39. The van der Waals surface area contributed by atoms with Gasteiger partial charge in [0.25, 0.3) is 0 Å². The molecule has 0 radical (unpaired) electrons. The molecule has 0 amide bonds. The highest BCUT2D eigenvalue weighted by atomic mass is 16.5. The van der Waals surface area contributed by atoms with Gasteiger partial charge in [0.1, 0.15) is 19.4 Å². The van der Waals surface area contributed by atoms with Crippen molar-refractivity contribution >= 4 is 25.2 Å². The molecule has 0 unspecified atom stereocenters. The van der Waals surface area contributed by atoms with Gasteiger partial charge in [-0.25, -0.2) is 0 Å². The van der Waals surface area contributed by atoms with E-state index >= 15 is 0 Å². The van der Waals surface area contributed by atoms with Gasteiger partial charge < -0.3 is 9.64 Å². The fourth-order valence-corrected chi connectivity index (χ4v) is 0.677. The third-order valence-electron chi connectivity index (χ3n) is 1.32. The van der Waals surface area contributed by atoms with Crippen molar-refractivity contribution in [3.8, 4) is 0 Å². The first-order valence-corrected chi connectivity index (χ1v) is 4.86. The van der Waals surface area contributed by atoms with Gasteiger partial charge in [0.2, 0.25) is 0 Å². The molecule has 0 aliphatic carbocycles. The summed E-state index contributed by atoms with van der Waals surface area (Å²) in [5, 5.41) is 14.5. The topological polar surface area (TPSA) is 91.3 Å². The second-order valence-electron chi connectivity index (χ2n) is 2.78. The number of carbonyl (C=O) groups excluding carboxylic acids is 1. The Morgan fingerprint density at radius 1 is 1.35 bits per heavy atom. The summed E-state index contributed by atoms with van der Waals surface area (Å²) in [5.74, 6) is 0. The lowest BCUT2D eigenvalue weighted by Gasteiger charge is -2.11. The van der Waals surface area contributed by atoms with E-state index in [0.717, 1.165) is 6.21 Å². The maximum atomic E-state index is 9.88. The van der Waals surface area contributed by atoms with Crippen molar-refractivity contribution in [2.45, 2.75) is 0 Å². The number of azo groups is 1. The number of carbonyl (C=O) groups is 1. The van der Waals surface area contributed by atoms with Gasteiger partial charge in [0.05, 0.1) is 19.4 Å². The van der Waals surface area contributed by atoms with Gasteiger partial charge >= 0.3 is 0 Å². The van der Waals surface area contributed by atoms with Crippen LogP contribution in [-0.4, -0.2) is 64.1 Å². The van der Waals surface area contributed by atoms with Crippen molar-refractivity contribution in [1.29, 1.82) is 0 Å². The molecule has 0 aromatic heterocycles. The minimum Gasteiger partial charge on any atom is -0.359 e. The molecular formula is C9H16N6O2. The Morgan fingerprint density at radius 3 is 2.88 bits per heavy atom. The molecule has 0 aliphatic rings. The van der Waals surface area contributed by atoms with Crippen molar-refractivity contribution in [3.05, 3.63) is 0 Å². The highest BCUT2D eigenvalue weighted by Gasteiger charge is 1.90. The molecule has 0 aromatic rings. The van der Waals surface area contributed by atoms with Gasteiger partial charge in [0, 0.05) is 14.1 Å². The summed E-state index contributed by atoms with van der Waals surface area (Å²) in [5.41, 5.74) is 0. The molecule has 0 aliphatic heterocycles. The molecule has 8 heteroatoms. The summed E-state index contributed by atoms with van der Waals surface area (Å²) in [6, 6.07) is 0. The Balaban J connectivity index is 3.50. The molecule has 0 bridgehead atoms. The highest BCUT2D eigenvalue weighted by Crippen LogP contribution is 1.82. The third-order valence-corrected chi connectivity index (χ3v) is 1.32. The summed E-state index contributed by atoms with van der Waals surface area (Å²) < 4.78 is 5.25. The van der Waals surface area contributed by atoms with E-state index < -0.39 is 0 Å². The third kappa shape index (κ3) is 12.0. The van der Waals surface area contributed by atoms with Crippen LogP contribution in [0, 0.1) is 0 Å². The minimum absolute atomic E-state index is 0.359. The van der Waals surface area contributed by atoms with Crippen LogP contribution >= 0.6 is 0 Å². The van der Waals surface area contributed by atoms with Crippen molar-refractivity contribution in [2.75, 3.05) is 34.0 Å². The van der Waals surface area contributed by atoms with Crippen LogP contribution in [0.3, 0.4) is 0 Å². The average molecular weight is 240 g/mol. The summed E-state index contributed by atoms with van der Waals surface area (Å²) in [4.78, 5) is 15.2. The number of aldehydes is 1. The van der Waals surface area contributed by atoms with E-state index in [2.05, 4.69) is 25.4 Å². The highest BCUT2D eigenvalue weighted by molar-refractivity contribution is 6.12. The van der Waals surface area contributed by atoms with Crippen LogP contribution in [0.1, 0.15) is 0 Å². The van der Waals surface area contributed by atoms with Gasteiger partial charge in [-0.3, -0.25) is 9.79 Å². The molecule has 17 heavy (non-hydrogen) atoms. The van der Waals surface area contributed by atoms with E-state index in [1.54, 1.807) is 19.0 Å². The van der Waals surface area contributed by atoms with E-state index in [4.69, 9.17) is 4.74 Å². The van der Waals surface area contributed by atoms with Crippen molar-refractivity contribution in [3.63, 3.8) is 0 Å². The van der Waals surface area contributed by atoms with Crippen LogP contribution in [0.5, 0.6) is 0 Å². The lowest BCUT2D eigenvalue weighted by atomic mass is 10.7. The maximum Gasteiger partial charge on any atom is 0.162 e. The van der Waals surface area contributed by atoms with Crippen molar-refractivity contribution < 1.29 is 9.53 Å². The predicted octanol–water partition coefficient (Wildman–Crippen LogP) is 0.216. The number of hydrogen-bond acceptors (Lipinski definition) is 6. The fraction of sp³-hybridized carbons (Fsp3) is 0.556. The molecule has 0 N–H and O–H groups in total. The second kappa shape index (κ2) is 12.1. The molecule has 0 aromatic carbocycles. The Bertz CT molecular complexity index is 300. The molecule has 0 saturated heterocycles. The predicted molar refractivity (Wildman–Crippen MR) is 65.8 cm³/mol. The van der Waals surface area contributed by atoms with Crippen molar-refractivity contribution in [1.82, 2.24) is 4.90 Å². The number of hydrogen-bond donors (Lipinski definition) is 0. The standard InChI is InChI=1S/C9H16N6O2/c1-10-7-13-12-4-6-17-9-15(2)8-14-11-3-5-16/h3,5,7-8H,4,6,9H2,1-2H3. The largest absolute Gasteiger partial charge is 0.359 e. The Kier molecular flexibility index (Phi) is 10.7. The number of rotatable bonds is 9. The second-order valence-corrected chi connectivity index (χ2v) is 2.78. The monoisotopic (exact) mass is 240 g/mol. The zero-order valence-corrected chi connectivity index (χ0v) is 9.93. The quantitative estimate of drug-likeness (QED) is 0.110. The zero-order chi connectivity index (χ0) is 12.8. The molecular weight excluding hydrogens is 224 g/mol. The first-order valence-electron chi connectivity index (χ1n) is 4.86. The molecule has 0 heterocycles. The smallest absolute Gasteiger partial charge is 0.162 e. The van der Waals surface area contributed by atoms with E-state index in [1.165, 1.54) is 12.7 Å². The lowest BCUT2D eigenvalue weighted by molar-refractivity contribution is -0.102. The van der Waals surface area contributed by atoms with Crippen LogP contribution < -0.4 is 0 Å². The SMILES string of the molecule is CN=CN=NCCOCN(C)C=NN=CC=O. The van der Waals surface area contributed by atoms with Crippen LogP contribution in [0.2, 0.25) is 0 Å². The molecule has 94 valence electrons. The minimum atomic E-state index is 0.359. The Hall–Kier alpha value is -1.96. The first-order chi connectivity index (χ1) is 8.31. The van der Waals surface area contributed by atoms with E-state index in [9.17, 15) is 4.79 Å². The first kappa shape index (κ1) is 15.0. The molecule has 0 atom stereocenters. The van der Waals surface area contributed by atoms with Gasteiger partial charge in [0.15, 0.2) is 6.29 Å². The lowest BCUT2D eigenvalue weighted by Crippen LogP contribution is -2.20. The molecule has 8 nitrogen and oxygen atoms in total. The van der Waals surface area contributed by atoms with Crippen LogP contribution in [0.15, 0.2) is 25.4 Å². The average Bonchev–Trinajstić information content (AvgIpc) is 2.33. The molecule has 0 fully saturated rings. The molecule has 0 saturated carbocycles. The van der Waals surface area contributed by atoms with Gasteiger partial charge in [-0.05, 0) is 0 Å². The van der Waals surface area contributed by atoms with Crippen LogP contribution in [-0.2, 0) is 9.53 Å². The summed E-state index contributed by atoms with van der Waals surface area (Å²) in [6.45, 7) is 1.29. The zero-order valence-electron chi connectivity index (χ0n) is 9.93. The van der Waals surface area contributed by atoms with Gasteiger partial charge in [-0.2, -0.15) is 10.2 Å². The number of aliphatic imine (C=N–C) groups is 1. The Morgan fingerprint density at radius 2 is 2.18 bits per heavy atom. The van der Waals surface area contributed by atoms with E-state index in [-0.39, 0.29) is 0 Å².